The quantitative estimate of drug-likeness (QED) is 0.814. The number of hydrogen-bond acceptors (Lipinski definition) is 2. The van der Waals surface area contributed by atoms with Crippen molar-refractivity contribution in [1.82, 2.24) is 0 Å². The molecule has 0 spiro atoms. The van der Waals surface area contributed by atoms with Crippen molar-refractivity contribution in [3.8, 4) is 5.75 Å². The van der Waals surface area contributed by atoms with E-state index >= 15 is 0 Å². The predicted octanol–water partition coefficient (Wildman–Crippen LogP) is 4.71. The standard InChI is InChI=1S/C13H8BrCl2NO2/c14-7-4-5-8(11(18)6-7)13(19)17-12-9(15)2-1-3-10(12)16/h1-6,18H,(H,17,19). The molecule has 3 nitrogen and oxygen atoms in total. The first-order valence-electron chi connectivity index (χ1n) is 5.23. The molecular formula is C13H8BrCl2NO2. The molecule has 0 saturated heterocycles. The van der Waals surface area contributed by atoms with Crippen molar-refractivity contribution in [2.75, 3.05) is 5.32 Å². The van der Waals surface area contributed by atoms with Crippen molar-refractivity contribution in [3.05, 3.63) is 56.5 Å². The Hall–Kier alpha value is -1.23. The van der Waals surface area contributed by atoms with E-state index in [9.17, 15) is 9.90 Å². The van der Waals surface area contributed by atoms with Crippen molar-refractivity contribution in [2.24, 2.45) is 0 Å². The second-order valence-corrected chi connectivity index (χ2v) is 5.44. The lowest BCUT2D eigenvalue weighted by molar-refractivity contribution is 0.102. The lowest BCUT2D eigenvalue weighted by atomic mass is 10.2. The SMILES string of the molecule is O=C(Nc1c(Cl)cccc1Cl)c1ccc(Br)cc1O. The van der Waals surface area contributed by atoms with E-state index in [0.717, 1.165) is 0 Å². The molecule has 1 amide bonds. The van der Waals surface area contributed by atoms with Gasteiger partial charge in [-0.1, -0.05) is 45.2 Å². The lowest BCUT2D eigenvalue weighted by Gasteiger charge is -2.10. The number of para-hydroxylation sites is 1. The van der Waals surface area contributed by atoms with E-state index in [1.807, 2.05) is 0 Å². The molecule has 2 rings (SSSR count). The molecule has 0 bridgehead atoms. The third kappa shape index (κ3) is 3.21. The van der Waals surface area contributed by atoms with E-state index in [1.165, 1.54) is 12.1 Å². The minimum absolute atomic E-state index is 0.130. The molecule has 0 fully saturated rings. The van der Waals surface area contributed by atoms with Gasteiger partial charge in [0.05, 0.1) is 21.3 Å². The van der Waals surface area contributed by atoms with Gasteiger partial charge in [0.15, 0.2) is 0 Å². The van der Waals surface area contributed by atoms with Gasteiger partial charge >= 0.3 is 0 Å². The highest BCUT2D eigenvalue weighted by molar-refractivity contribution is 9.10. The van der Waals surface area contributed by atoms with Crippen molar-refractivity contribution in [2.45, 2.75) is 0 Å². The van der Waals surface area contributed by atoms with Gasteiger partial charge < -0.3 is 10.4 Å². The molecule has 0 radical (unpaired) electrons. The molecular weight excluding hydrogens is 353 g/mol. The molecule has 0 atom stereocenters. The molecule has 6 heteroatoms. The van der Waals surface area contributed by atoms with Gasteiger partial charge in [-0.25, -0.2) is 0 Å². The Morgan fingerprint density at radius 2 is 1.79 bits per heavy atom. The fourth-order valence-electron chi connectivity index (χ4n) is 1.49. The molecule has 0 aliphatic carbocycles. The molecule has 98 valence electrons. The van der Waals surface area contributed by atoms with E-state index in [1.54, 1.807) is 24.3 Å². The summed E-state index contributed by atoms with van der Waals surface area (Å²) in [6.45, 7) is 0. The average molecular weight is 361 g/mol. The van der Waals surface area contributed by atoms with Gasteiger partial charge in [0, 0.05) is 4.47 Å². The number of nitrogens with one attached hydrogen (secondary N) is 1. The fraction of sp³-hybridized carbons (Fsp3) is 0. The molecule has 0 aliphatic rings. The van der Waals surface area contributed by atoms with Crippen LogP contribution in [0.2, 0.25) is 10.0 Å². The van der Waals surface area contributed by atoms with Gasteiger partial charge in [-0.15, -0.1) is 0 Å². The lowest BCUT2D eigenvalue weighted by Crippen LogP contribution is -2.12. The highest BCUT2D eigenvalue weighted by Gasteiger charge is 2.14. The first-order valence-corrected chi connectivity index (χ1v) is 6.78. The number of benzene rings is 2. The molecule has 0 heterocycles. The molecule has 0 saturated carbocycles. The molecule has 19 heavy (non-hydrogen) atoms. The third-order valence-electron chi connectivity index (χ3n) is 2.41. The van der Waals surface area contributed by atoms with Crippen molar-refractivity contribution in [1.29, 1.82) is 0 Å². The van der Waals surface area contributed by atoms with Crippen LogP contribution in [0.3, 0.4) is 0 Å². The number of carbonyl (C=O) groups is 1. The van der Waals surface area contributed by atoms with Crippen LogP contribution < -0.4 is 5.32 Å². The highest BCUT2D eigenvalue weighted by Crippen LogP contribution is 2.31. The van der Waals surface area contributed by atoms with Crippen molar-refractivity contribution in [3.63, 3.8) is 0 Å². The summed E-state index contributed by atoms with van der Waals surface area (Å²) in [6, 6.07) is 9.50. The van der Waals surface area contributed by atoms with E-state index in [-0.39, 0.29) is 11.3 Å². The van der Waals surface area contributed by atoms with Crippen LogP contribution in [0.1, 0.15) is 10.4 Å². The fourth-order valence-corrected chi connectivity index (χ4v) is 2.34. The second-order valence-electron chi connectivity index (χ2n) is 3.71. The molecule has 2 N–H and O–H groups in total. The number of anilines is 1. The number of phenolic OH excluding ortho intramolecular Hbond substituents is 1. The monoisotopic (exact) mass is 359 g/mol. The predicted molar refractivity (Wildman–Crippen MR) is 80.2 cm³/mol. The van der Waals surface area contributed by atoms with Gasteiger partial charge in [0.25, 0.3) is 5.91 Å². The Labute approximate surface area is 128 Å². The number of rotatable bonds is 2. The summed E-state index contributed by atoms with van der Waals surface area (Å²) in [6.07, 6.45) is 0. The van der Waals surface area contributed by atoms with E-state index in [4.69, 9.17) is 23.2 Å². The van der Waals surface area contributed by atoms with Crippen LogP contribution in [0.15, 0.2) is 40.9 Å². The minimum atomic E-state index is -0.486. The Bertz CT molecular complexity index is 626. The number of aromatic hydroxyl groups is 1. The minimum Gasteiger partial charge on any atom is -0.507 e. The van der Waals surface area contributed by atoms with Crippen LogP contribution in [0.25, 0.3) is 0 Å². The largest absolute Gasteiger partial charge is 0.507 e. The third-order valence-corrected chi connectivity index (χ3v) is 3.53. The smallest absolute Gasteiger partial charge is 0.259 e. The zero-order valence-corrected chi connectivity index (χ0v) is 12.6. The van der Waals surface area contributed by atoms with Gasteiger partial charge in [0.2, 0.25) is 0 Å². The zero-order chi connectivity index (χ0) is 14.0. The van der Waals surface area contributed by atoms with Crippen LogP contribution in [-0.4, -0.2) is 11.0 Å². The van der Waals surface area contributed by atoms with Gasteiger partial charge in [-0.05, 0) is 30.3 Å². The maximum atomic E-state index is 12.0. The van der Waals surface area contributed by atoms with Crippen LogP contribution in [0, 0.1) is 0 Å². The first-order chi connectivity index (χ1) is 8.99. The Morgan fingerprint density at radius 3 is 2.37 bits per heavy atom. The summed E-state index contributed by atoms with van der Waals surface area (Å²) in [4.78, 5) is 12.0. The number of carbonyl (C=O) groups excluding carboxylic acids is 1. The normalized spacial score (nSPS) is 10.3. The topological polar surface area (TPSA) is 49.3 Å². The summed E-state index contributed by atoms with van der Waals surface area (Å²) in [5.74, 6) is -0.616. The first kappa shape index (κ1) is 14.2. The maximum Gasteiger partial charge on any atom is 0.259 e. The summed E-state index contributed by atoms with van der Waals surface area (Å²) >= 11 is 15.1. The van der Waals surface area contributed by atoms with Crippen LogP contribution in [0.4, 0.5) is 5.69 Å². The van der Waals surface area contributed by atoms with E-state index in [2.05, 4.69) is 21.2 Å². The van der Waals surface area contributed by atoms with Gasteiger partial charge in [0.1, 0.15) is 5.75 Å². The number of halogens is 3. The maximum absolute atomic E-state index is 12.0. The van der Waals surface area contributed by atoms with Crippen LogP contribution in [-0.2, 0) is 0 Å². The molecule has 0 aliphatic heterocycles. The average Bonchev–Trinajstić information content (AvgIpc) is 2.33. The second kappa shape index (κ2) is 5.82. The Balaban J connectivity index is 2.31. The molecule has 0 aromatic heterocycles. The van der Waals surface area contributed by atoms with Crippen LogP contribution in [0.5, 0.6) is 5.75 Å². The Morgan fingerprint density at radius 1 is 1.16 bits per heavy atom. The van der Waals surface area contributed by atoms with Crippen molar-refractivity contribution < 1.29 is 9.90 Å². The summed E-state index contributed by atoms with van der Waals surface area (Å²) < 4.78 is 0.678. The molecule has 0 unspecified atom stereocenters. The number of amides is 1. The summed E-state index contributed by atoms with van der Waals surface area (Å²) in [5, 5.41) is 13.0. The summed E-state index contributed by atoms with van der Waals surface area (Å²) in [7, 11) is 0. The summed E-state index contributed by atoms with van der Waals surface area (Å²) in [5.41, 5.74) is 0.456. The van der Waals surface area contributed by atoms with Crippen molar-refractivity contribution >= 4 is 50.7 Å². The number of phenols is 1. The van der Waals surface area contributed by atoms with Crippen LogP contribution >= 0.6 is 39.1 Å². The highest BCUT2D eigenvalue weighted by atomic mass is 79.9. The number of hydrogen-bond donors (Lipinski definition) is 2. The van der Waals surface area contributed by atoms with Gasteiger partial charge in [-0.3, -0.25) is 4.79 Å². The van der Waals surface area contributed by atoms with Gasteiger partial charge in [-0.2, -0.15) is 0 Å². The Kier molecular flexibility index (Phi) is 4.34. The molecule has 2 aromatic carbocycles. The van der Waals surface area contributed by atoms with E-state index in [0.29, 0.717) is 20.2 Å². The zero-order valence-electron chi connectivity index (χ0n) is 9.45. The molecule has 2 aromatic rings. The van der Waals surface area contributed by atoms with E-state index < -0.39 is 5.91 Å².